The van der Waals surface area contributed by atoms with Crippen molar-refractivity contribution in [2.45, 2.75) is 12.8 Å². The number of carbonyl (C=O) groups is 1. The van der Waals surface area contributed by atoms with Crippen LogP contribution in [0.4, 0.5) is 10.8 Å². The predicted molar refractivity (Wildman–Crippen MR) is 82.7 cm³/mol. The van der Waals surface area contributed by atoms with Crippen molar-refractivity contribution in [3.63, 3.8) is 0 Å². The summed E-state index contributed by atoms with van der Waals surface area (Å²) in [6, 6.07) is 7.47. The molecule has 4 rings (SSSR count). The topological polar surface area (TPSA) is 72.4 Å². The molecule has 6 heteroatoms. The molecule has 1 aromatic carbocycles. The molecule has 0 atom stereocenters. The maximum absolute atomic E-state index is 12.6. The van der Waals surface area contributed by atoms with Gasteiger partial charge in [-0.15, -0.1) is 0 Å². The van der Waals surface area contributed by atoms with E-state index in [0.717, 1.165) is 34.3 Å². The van der Waals surface area contributed by atoms with Crippen LogP contribution in [0, 0.1) is 0 Å². The van der Waals surface area contributed by atoms with E-state index in [-0.39, 0.29) is 5.91 Å². The van der Waals surface area contributed by atoms with E-state index in [1.54, 1.807) is 17.0 Å². The number of amides is 1. The third kappa shape index (κ3) is 1.99. The lowest BCUT2D eigenvalue weighted by Gasteiger charge is -2.28. The number of carbonyl (C=O) groups excluding carboxylic acids is 1. The number of nitrogen functional groups attached to an aromatic ring is 1. The number of furan rings is 1. The fraction of sp³-hybridized carbons (Fsp3) is 0.200. The summed E-state index contributed by atoms with van der Waals surface area (Å²) in [6.07, 6.45) is 3.42. The highest BCUT2D eigenvalue weighted by molar-refractivity contribution is 7.22. The summed E-state index contributed by atoms with van der Waals surface area (Å²) in [5.74, 6) is 0.254. The van der Waals surface area contributed by atoms with Gasteiger partial charge in [-0.1, -0.05) is 11.3 Å². The fourth-order valence-corrected chi connectivity index (χ4v) is 3.55. The van der Waals surface area contributed by atoms with Crippen LogP contribution in [0.15, 0.2) is 34.9 Å². The van der Waals surface area contributed by atoms with Crippen molar-refractivity contribution in [3.05, 3.63) is 41.9 Å². The Morgan fingerprint density at radius 3 is 3.14 bits per heavy atom. The second-order valence-corrected chi connectivity index (χ2v) is 6.10. The molecule has 21 heavy (non-hydrogen) atoms. The number of benzene rings is 1. The average molecular weight is 299 g/mol. The van der Waals surface area contributed by atoms with Gasteiger partial charge < -0.3 is 15.1 Å². The number of rotatable bonds is 1. The predicted octanol–water partition coefficient (Wildman–Crippen LogP) is 3.06. The van der Waals surface area contributed by atoms with Gasteiger partial charge >= 0.3 is 0 Å². The highest BCUT2D eigenvalue weighted by atomic mass is 32.1. The summed E-state index contributed by atoms with van der Waals surface area (Å²) < 4.78 is 6.30. The van der Waals surface area contributed by atoms with E-state index in [1.807, 2.05) is 6.07 Å². The largest absolute Gasteiger partial charge is 0.459 e. The molecular weight excluding hydrogens is 286 g/mol. The first-order valence-electron chi connectivity index (χ1n) is 6.77. The summed E-state index contributed by atoms with van der Waals surface area (Å²) >= 11 is 1.48. The smallest absolute Gasteiger partial charge is 0.293 e. The molecule has 0 aliphatic carbocycles. The highest BCUT2D eigenvalue weighted by Crippen LogP contribution is 2.35. The molecule has 0 saturated heterocycles. The minimum absolute atomic E-state index is 0.108. The molecule has 0 spiro atoms. The first kappa shape index (κ1) is 12.4. The third-order valence-electron chi connectivity index (χ3n) is 3.70. The van der Waals surface area contributed by atoms with Crippen molar-refractivity contribution in [3.8, 4) is 0 Å². The molecule has 0 radical (unpaired) electrons. The fourth-order valence-electron chi connectivity index (χ4n) is 2.77. The molecule has 0 fully saturated rings. The molecule has 1 aliphatic rings. The van der Waals surface area contributed by atoms with E-state index in [1.165, 1.54) is 17.6 Å². The quantitative estimate of drug-likeness (QED) is 0.749. The van der Waals surface area contributed by atoms with Crippen LogP contribution >= 0.6 is 11.3 Å². The van der Waals surface area contributed by atoms with E-state index < -0.39 is 0 Å². The van der Waals surface area contributed by atoms with Gasteiger partial charge in [0, 0.05) is 12.2 Å². The number of thiazole rings is 1. The Labute approximate surface area is 125 Å². The second kappa shape index (κ2) is 4.60. The summed E-state index contributed by atoms with van der Waals surface area (Å²) in [7, 11) is 0. The van der Waals surface area contributed by atoms with Gasteiger partial charge in [-0.25, -0.2) is 4.98 Å². The maximum atomic E-state index is 12.6. The lowest BCUT2D eigenvalue weighted by atomic mass is 10.0. The van der Waals surface area contributed by atoms with Crippen molar-refractivity contribution < 1.29 is 9.21 Å². The first-order chi connectivity index (χ1) is 10.2. The molecule has 1 aliphatic heterocycles. The summed E-state index contributed by atoms with van der Waals surface area (Å²) in [5.41, 5.74) is 8.70. The number of nitrogens with zero attached hydrogens (tertiary/aromatic N) is 2. The van der Waals surface area contributed by atoms with Crippen molar-refractivity contribution in [1.82, 2.24) is 4.98 Å². The van der Waals surface area contributed by atoms with E-state index in [9.17, 15) is 4.79 Å². The van der Waals surface area contributed by atoms with Crippen LogP contribution in [0.2, 0.25) is 0 Å². The zero-order valence-electron chi connectivity index (χ0n) is 11.2. The van der Waals surface area contributed by atoms with Crippen molar-refractivity contribution in [2.24, 2.45) is 0 Å². The van der Waals surface area contributed by atoms with Crippen LogP contribution in [0.3, 0.4) is 0 Å². The van der Waals surface area contributed by atoms with Gasteiger partial charge in [-0.2, -0.15) is 0 Å². The van der Waals surface area contributed by atoms with Gasteiger partial charge in [0.25, 0.3) is 5.91 Å². The molecule has 0 saturated carbocycles. The number of nitrogens with two attached hydrogens (primary N) is 1. The highest BCUT2D eigenvalue weighted by Gasteiger charge is 2.26. The van der Waals surface area contributed by atoms with Crippen LogP contribution in [0.25, 0.3) is 10.2 Å². The number of fused-ring (bicyclic) bond motifs is 2. The summed E-state index contributed by atoms with van der Waals surface area (Å²) in [6.45, 7) is 0.692. The van der Waals surface area contributed by atoms with Gasteiger partial charge in [0.1, 0.15) is 0 Å². The summed E-state index contributed by atoms with van der Waals surface area (Å²) in [4.78, 5) is 18.6. The number of hydrogen-bond donors (Lipinski definition) is 1. The molecule has 2 aromatic heterocycles. The third-order valence-corrected chi connectivity index (χ3v) is 4.55. The molecule has 0 bridgehead atoms. The van der Waals surface area contributed by atoms with E-state index >= 15 is 0 Å². The Morgan fingerprint density at radius 1 is 1.43 bits per heavy atom. The number of hydrogen-bond acceptors (Lipinski definition) is 5. The molecule has 0 unspecified atom stereocenters. The van der Waals surface area contributed by atoms with Crippen molar-refractivity contribution in [1.29, 1.82) is 0 Å². The Hall–Kier alpha value is -2.34. The Bertz CT molecular complexity index is 823. The minimum Gasteiger partial charge on any atom is -0.459 e. The van der Waals surface area contributed by atoms with E-state index in [2.05, 4.69) is 11.1 Å². The van der Waals surface area contributed by atoms with Gasteiger partial charge in [0.05, 0.1) is 16.5 Å². The van der Waals surface area contributed by atoms with Gasteiger partial charge in [-0.3, -0.25) is 4.79 Å². The van der Waals surface area contributed by atoms with Crippen molar-refractivity contribution >= 4 is 38.3 Å². The SMILES string of the molecule is Nc1nc2cc3c(cc2s1)CCCN3C(=O)c1ccco1. The van der Waals surface area contributed by atoms with Gasteiger partial charge in [-0.05, 0) is 42.7 Å². The molecule has 5 nitrogen and oxygen atoms in total. The van der Waals surface area contributed by atoms with Crippen LogP contribution in [-0.4, -0.2) is 17.4 Å². The molecule has 3 heterocycles. The van der Waals surface area contributed by atoms with Crippen molar-refractivity contribution in [2.75, 3.05) is 17.2 Å². The number of aromatic nitrogens is 1. The molecular formula is C15H13N3O2S. The molecule has 3 aromatic rings. The molecule has 106 valence electrons. The molecule has 2 N–H and O–H groups in total. The van der Waals surface area contributed by atoms with E-state index in [4.69, 9.17) is 10.2 Å². The Kier molecular flexibility index (Phi) is 2.71. The van der Waals surface area contributed by atoms with Gasteiger partial charge in [0.15, 0.2) is 10.9 Å². The monoisotopic (exact) mass is 299 g/mol. The van der Waals surface area contributed by atoms with E-state index in [0.29, 0.717) is 17.4 Å². The zero-order valence-corrected chi connectivity index (χ0v) is 12.0. The van der Waals surface area contributed by atoms with Gasteiger partial charge in [0.2, 0.25) is 0 Å². The standard InChI is InChI=1S/C15H13N3O2S/c16-15-17-10-8-11-9(7-13(10)21-15)3-1-5-18(11)14(19)12-4-2-6-20-12/h2,4,6-8H,1,3,5H2,(H2,16,17). The van der Waals surface area contributed by atoms with Crippen LogP contribution in [0.1, 0.15) is 22.5 Å². The lowest BCUT2D eigenvalue weighted by Crippen LogP contribution is -2.35. The first-order valence-corrected chi connectivity index (χ1v) is 7.58. The van der Waals surface area contributed by atoms with Crippen LogP contribution in [0.5, 0.6) is 0 Å². The lowest BCUT2D eigenvalue weighted by molar-refractivity contribution is 0.0958. The second-order valence-electron chi connectivity index (χ2n) is 5.04. The average Bonchev–Trinajstić information content (AvgIpc) is 3.11. The maximum Gasteiger partial charge on any atom is 0.293 e. The van der Waals surface area contributed by atoms with Crippen LogP contribution in [-0.2, 0) is 6.42 Å². The Balaban J connectivity index is 1.83. The summed E-state index contributed by atoms with van der Waals surface area (Å²) in [5, 5.41) is 0.552. The Morgan fingerprint density at radius 2 is 2.33 bits per heavy atom. The number of anilines is 2. The normalized spacial score (nSPS) is 14.4. The molecule has 1 amide bonds. The zero-order chi connectivity index (χ0) is 14.4. The minimum atomic E-state index is -0.108. The number of aryl methyl sites for hydroxylation is 1. The van der Waals surface area contributed by atoms with Crippen LogP contribution < -0.4 is 10.6 Å².